The van der Waals surface area contributed by atoms with Crippen LogP contribution in [0.15, 0.2) is 425 Å². The van der Waals surface area contributed by atoms with Gasteiger partial charge in [-0.2, -0.15) is 0 Å². The third-order valence-corrected chi connectivity index (χ3v) is 23.5. The zero-order valence-electron chi connectivity index (χ0n) is 61.3. The number of fused-ring (bicyclic) bond motifs is 8. The fraction of sp³-hybridized carbons (Fsp3) is 0.0370. The van der Waals surface area contributed by atoms with E-state index in [1.54, 1.807) is 0 Å². The molecule has 2 aliphatic rings. The molecule has 0 aliphatic heterocycles. The monoisotopic (exact) mass is 1400 g/mol. The van der Waals surface area contributed by atoms with Gasteiger partial charge in [0.15, 0.2) is 0 Å². The van der Waals surface area contributed by atoms with Crippen molar-refractivity contribution >= 4 is 55.7 Å². The van der Waals surface area contributed by atoms with Crippen LogP contribution in [-0.4, -0.2) is 0 Å². The lowest BCUT2D eigenvalue weighted by atomic mass is 9.67. The van der Waals surface area contributed by atoms with E-state index in [1.165, 1.54) is 99.4 Å². The predicted octanol–water partition coefficient (Wildman–Crippen LogP) is 28.6. The fourth-order valence-electron chi connectivity index (χ4n) is 18.4. The molecule has 0 bridgehead atoms. The highest BCUT2D eigenvalue weighted by Gasteiger charge is 2.48. The third kappa shape index (κ3) is 10.9. The zero-order valence-corrected chi connectivity index (χ0v) is 61.3. The number of anilines is 6. The summed E-state index contributed by atoms with van der Waals surface area (Å²) in [5.74, 6) is 0. The van der Waals surface area contributed by atoms with E-state index >= 15 is 0 Å². The maximum absolute atomic E-state index is 2.47. The molecule has 0 saturated heterocycles. The van der Waals surface area contributed by atoms with Gasteiger partial charge in [0.1, 0.15) is 0 Å². The maximum atomic E-state index is 2.47. The predicted molar refractivity (Wildman–Crippen MR) is 462 cm³/mol. The van der Waals surface area contributed by atoms with Crippen molar-refractivity contribution in [1.29, 1.82) is 0 Å². The van der Waals surface area contributed by atoms with Crippen molar-refractivity contribution in [3.05, 3.63) is 480 Å². The van der Waals surface area contributed by atoms with E-state index < -0.39 is 10.8 Å². The van der Waals surface area contributed by atoms with E-state index in [1.807, 2.05) is 0 Å². The second-order valence-electron chi connectivity index (χ2n) is 29.5. The highest BCUT2D eigenvalue weighted by Crippen LogP contribution is 2.59. The van der Waals surface area contributed by atoms with Crippen LogP contribution in [0.5, 0.6) is 0 Å². The first-order valence-corrected chi connectivity index (χ1v) is 38.3. The average molecular weight is 1400 g/mol. The van der Waals surface area contributed by atoms with E-state index in [-0.39, 0.29) is 0 Å². The van der Waals surface area contributed by atoms with Gasteiger partial charge in [-0.1, -0.05) is 340 Å². The summed E-state index contributed by atoms with van der Waals surface area (Å²) < 4.78 is 0. The summed E-state index contributed by atoms with van der Waals surface area (Å²) in [6.45, 7) is 4.54. The fourth-order valence-corrected chi connectivity index (χ4v) is 18.4. The SMILES string of the molecule is Cc1cc(-c2ccc(N(c3ccc(-c4ccc5c(c4)C(c4ccccc4)(c4ccccc4)c4ccccc4-5)cc3)c3ccccc3-c3ccc4ccccc4c3)c(C)c2)ccc1N(c1ccc(-c2ccc3c(c2)C(c2ccccc2)(c2ccccc2)c2ccccc2-3)cc1)c1ccccc1-c1ccc2ccccc2c1. The second kappa shape index (κ2) is 27.1. The van der Waals surface area contributed by atoms with Crippen molar-refractivity contribution in [3.63, 3.8) is 0 Å². The van der Waals surface area contributed by atoms with Crippen LogP contribution >= 0.6 is 0 Å². The molecule has 2 aliphatic carbocycles. The van der Waals surface area contributed by atoms with E-state index in [0.29, 0.717) is 0 Å². The number of nitrogens with zero attached hydrogens (tertiary/aromatic N) is 2. The van der Waals surface area contributed by atoms with Gasteiger partial charge in [0.2, 0.25) is 0 Å². The molecule has 0 N–H and O–H groups in total. The maximum Gasteiger partial charge on any atom is 0.0713 e. The molecule has 518 valence electrons. The number of para-hydroxylation sites is 2. The Morgan fingerprint density at radius 2 is 0.455 bits per heavy atom. The van der Waals surface area contributed by atoms with Crippen LogP contribution in [0.1, 0.15) is 55.6 Å². The molecular formula is C108H76N2. The minimum atomic E-state index is -0.501. The molecule has 0 aromatic heterocycles. The third-order valence-electron chi connectivity index (χ3n) is 23.5. The van der Waals surface area contributed by atoms with Crippen LogP contribution in [-0.2, 0) is 10.8 Å². The summed E-state index contributed by atoms with van der Waals surface area (Å²) in [6, 6.07) is 158. The Hall–Kier alpha value is -13.9. The summed E-state index contributed by atoms with van der Waals surface area (Å²) in [5.41, 5.74) is 34.7. The summed E-state index contributed by atoms with van der Waals surface area (Å²) in [4.78, 5) is 4.94. The van der Waals surface area contributed by atoms with Crippen molar-refractivity contribution in [2.45, 2.75) is 24.7 Å². The highest BCUT2D eigenvalue weighted by molar-refractivity contribution is 5.98. The molecule has 18 aromatic carbocycles. The molecule has 0 radical (unpaired) electrons. The summed E-state index contributed by atoms with van der Waals surface area (Å²) in [5, 5.41) is 4.86. The Morgan fingerprint density at radius 1 is 0.173 bits per heavy atom. The van der Waals surface area contributed by atoms with Crippen LogP contribution in [0, 0.1) is 13.8 Å². The summed E-state index contributed by atoms with van der Waals surface area (Å²) in [7, 11) is 0. The molecular weight excluding hydrogens is 1330 g/mol. The van der Waals surface area contributed by atoms with Crippen molar-refractivity contribution < 1.29 is 0 Å². The van der Waals surface area contributed by atoms with Crippen LogP contribution in [0.3, 0.4) is 0 Å². The quantitative estimate of drug-likeness (QED) is 0.101. The van der Waals surface area contributed by atoms with E-state index in [2.05, 4.69) is 448 Å². The van der Waals surface area contributed by atoms with Crippen LogP contribution in [0.2, 0.25) is 0 Å². The van der Waals surface area contributed by atoms with Crippen molar-refractivity contribution in [1.82, 2.24) is 0 Å². The average Bonchev–Trinajstić information content (AvgIpc) is 1.54. The number of hydrogen-bond acceptors (Lipinski definition) is 2. The molecule has 0 spiro atoms. The lowest BCUT2D eigenvalue weighted by molar-refractivity contribution is 0.769. The molecule has 18 aromatic rings. The molecule has 0 heterocycles. The Morgan fingerprint density at radius 3 is 0.827 bits per heavy atom. The van der Waals surface area contributed by atoms with Crippen molar-refractivity contribution in [2.24, 2.45) is 0 Å². The van der Waals surface area contributed by atoms with Crippen LogP contribution in [0.25, 0.3) is 99.4 Å². The first kappa shape index (κ1) is 65.6. The molecule has 0 atom stereocenters. The van der Waals surface area contributed by atoms with Gasteiger partial charge < -0.3 is 9.80 Å². The molecule has 0 saturated carbocycles. The van der Waals surface area contributed by atoms with Crippen molar-refractivity contribution in [3.8, 4) is 77.9 Å². The number of hydrogen-bond donors (Lipinski definition) is 0. The van der Waals surface area contributed by atoms with Gasteiger partial charge in [-0.3, -0.25) is 0 Å². The van der Waals surface area contributed by atoms with Gasteiger partial charge in [-0.25, -0.2) is 0 Å². The lowest BCUT2D eigenvalue weighted by Gasteiger charge is -2.34. The molecule has 0 amide bonds. The molecule has 0 fully saturated rings. The standard InChI is InChI=1S/C108H76N2/c1-73-67-81(57-65-103(73)109(105-45-25-21-39-93(105)85-49-47-75-27-15-17-29-79(75)69-85)91-59-51-77(52-60-91)83-55-63-97-95-41-19-23-43-99(95)107(101(97)71-83,87-31-7-3-8-32-87)88-33-9-4-10-34-88)82-58-66-104(74(2)68-82)110(106-46-26-22-40-94(106)86-50-48-76-28-16-18-30-80(76)70-86)92-61-53-78(54-62-92)84-56-64-98-96-42-20-24-44-100(96)108(102(98)72-84,89-35-11-5-12-36-89)90-37-13-6-14-38-90/h3-72H,1-2H3. The van der Waals surface area contributed by atoms with Gasteiger partial charge >= 0.3 is 0 Å². The number of rotatable bonds is 15. The Bertz CT molecular complexity index is 6060. The Kier molecular flexibility index (Phi) is 16.2. The normalized spacial score (nSPS) is 12.8. The first-order valence-electron chi connectivity index (χ1n) is 38.3. The lowest BCUT2D eigenvalue weighted by Crippen LogP contribution is -2.28. The van der Waals surface area contributed by atoms with Gasteiger partial charge in [0.25, 0.3) is 0 Å². The first-order chi connectivity index (χ1) is 54.4. The van der Waals surface area contributed by atoms with Gasteiger partial charge in [-0.05, 0) is 243 Å². The zero-order chi connectivity index (χ0) is 73.3. The minimum absolute atomic E-state index is 0.501. The molecule has 2 heteroatoms. The van der Waals surface area contributed by atoms with Crippen molar-refractivity contribution in [2.75, 3.05) is 9.80 Å². The van der Waals surface area contributed by atoms with E-state index in [4.69, 9.17) is 0 Å². The molecule has 20 rings (SSSR count). The minimum Gasteiger partial charge on any atom is -0.310 e. The number of aryl methyl sites for hydroxylation is 2. The van der Waals surface area contributed by atoms with Crippen LogP contribution < -0.4 is 9.80 Å². The molecule has 110 heavy (non-hydrogen) atoms. The Balaban J connectivity index is 0.682. The van der Waals surface area contributed by atoms with E-state index in [0.717, 1.165) is 89.8 Å². The number of benzene rings is 18. The molecule has 0 unspecified atom stereocenters. The largest absolute Gasteiger partial charge is 0.310 e. The molecule has 2 nitrogen and oxygen atoms in total. The topological polar surface area (TPSA) is 6.48 Å². The second-order valence-corrected chi connectivity index (χ2v) is 29.5. The van der Waals surface area contributed by atoms with Crippen LogP contribution in [0.4, 0.5) is 34.1 Å². The Labute approximate surface area is 644 Å². The van der Waals surface area contributed by atoms with Gasteiger partial charge in [0.05, 0.1) is 22.2 Å². The smallest absolute Gasteiger partial charge is 0.0713 e. The van der Waals surface area contributed by atoms with Gasteiger partial charge in [0, 0.05) is 33.9 Å². The highest BCUT2D eigenvalue weighted by atomic mass is 15.2. The van der Waals surface area contributed by atoms with Gasteiger partial charge in [-0.15, -0.1) is 0 Å². The van der Waals surface area contributed by atoms with E-state index in [9.17, 15) is 0 Å². The summed E-state index contributed by atoms with van der Waals surface area (Å²) >= 11 is 0. The summed E-state index contributed by atoms with van der Waals surface area (Å²) in [6.07, 6.45) is 0.